The van der Waals surface area contributed by atoms with Crippen LogP contribution in [0.1, 0.15) is 0 Å². The van der Waals surface area contributed by atoms with Crippen molar-refractivity contribution in [1.29, 1.82) is 0 Å². The number of hydrogen-bond donors (Lipinski definition) is 5. The molecule has 0 spiro atoms. The first kappa shape index (κ1) is 10.8. The molecule has 7 heteroatoms. The summed E-state index contributed by atoms with van der Waals surface area (Å²) >= 11 is 0. The van der Waals surface area contributed by atoms with Gasteiger partial charge >= 0.3 is 0 Å². The summed E-state index contributed by atoms with van der Waals surface area (Å²) in [5.74, 6) is 0. The number of rotatable bonds is 1. The van der Waals surface area contributed by atoms with Gasteiger partial charge in [0.05, 0.1) is 0 Å². The van der Waals surface area contributed by atoms with Crippen molar-refractivity contribution < 1.29 is 34.7 Å². The predicted octanol–water partition coefficient (Wildman–Crippen LogP) is -2.93. The summed E-state index contributed by atoms with van der Waals surface area (Å²) < 4.78 is 16.6. The molecule has 0 aromatic heterocycles. The van der Waals surface area contributed by atoms with Gasteiger partial charge in [-0.2, -0.15) is 0 Å². The Balaban J connectivity index is 2.70. The van der Waals surface area contributed by atoms with Crippen LogP contribution in [-0.2, 0) is 4.74 Å². The number of hydrogen-bond acceptors (Lipinski definition) is 6. The first-order valence-electron chi connectivity index (χ1n) is 3.65. The minimum atomic E-state index is -2.54. The Labute approximate surface area is 72.8 Å². The van der Waals surface area contributed by atoms with E-state index in [1.165, 1.54) is 0 Å². The molecular weight excluding hydrogens is 187 g/mol. The summed E-state index contributed by atoms with van der Waals surface area (Å²) in [7, 11) is 0. The lowest BCUT2D eigenvalue weighted by atomic mass is 9.99. The Bertz CT molecular complexity index is 177. The lowest BCUT2D eigenvalue weighted by Gasteiger charge is -2.38. The summed E-state index contributed by atoms with van der Waals surface area (Å²) in [5.41, 5.74) is 0. The molecule has 78 valence electrons. The van der Waals surface area contributed by atoms with Crippen molar-refractivity contribution in [2.75, 3.05) is 0 Å². The van der Waals surface area contributed by atoms with Gasteiger partial charge in [0.1, 0.15) is 24.4 Å². The Morgan fingerprint density at radius 2 is 1.54 bits per heavy atom. The number of aliphatic hydroxyl groups is 5. The predicted molar refractivity (Wildman–Crippen MR) is 36.0 cm³/mol. The second-order valence-corrected chi connectivity index (χ2v) is 2.84. The standard InChI is InChI=1S/C6H11FO6/c7-5(11)4-2(9)1(8)3(10)6(12)13-4/h1-6,8-12H/t1-,2-,3+,4-,5?,6+/m0/s1. The second kappa shape index (κ2) is 3.82. The molecule has 5 N–H and O–H groups in total. The van der Waals surface area contributed by atoms with Crippen LogP contribution in [0.5, 0.6) is 0 Å². The monoisotopic (exact) mass is 198 g/mol. The third kappa shape index (κ3) is 1.96. The first-order chi connectivity index (χ1) is 5.95. The van der Waals surface area contributed by atoms with Crippen molar-refractivity contribution >= 4 is 0 Å². The molecule has 1 heterocycles. The molecule has 0 radical (unpaired) electrons. The van der Waals surface area contributed by atoms with Gasteiger partial charge in [0.2, 0.25) is 6.36 Å². The Morgan fingerprint density at radius 3 is 2.00 bits per heavy atom. The van der Waals surface area contributed by atoms with E-state index in [1.807, 2.05) is 0 Å². The molecule has 6 nitrogen and oxygen atoms in total. The fourth-order valence-electron chi connectivity index (χ4n) is 1.11. The molecule has 0 aromatic carbocycles. The minimum absolute atomic E-state index is 1.72. The molecule has 1 aliphatic rings. The molecule has 6 atom stereocenters. The van der Waals surface area contributed by atoms with Crippen molar-refractivity contribution in [3.63, 3.8) is 0 Å². The maximum absolute atomic E-state index is 12.3. The van der Waals surface area contributed by atoms with Gasteiger partial charge in [0.25, 0.3) is 0 Å². The van der Waals surface area contributed by atoms with Crippen LogP contribution in [0.2, 0.25) is 0 Å². The summed E-state index contributed by atoms with van der Waals surface area (Å²) in [6.45, 7) is 0. The van der Waals surface area contributed by atoms with Gasteiger partial charge in [0, 0.05) is 0 Å². The Hall–Kier alpha value is -0.310. The van der Waals surface area contributed by atoms with Gasteiger partial charge in [-0.05, 0) is 0 Å². The highest BCUT2D eigenvalue weighted by molar-refractivity contribution is 4.89. The van der Waals surface area contributed by atoms with Crippen LogP contribution >= 0.6 is 0 Å². The first-order valence-corrected chi connectivity index (χ1v) is 3.65. The highest BCUT2D eigenvalue weighted by atomic mass is 19.1. The molecule has 1 aliphatic heterocycles. The number of alkyl halides is 1. The van der Waals surface area contributed by atoms with E-state index in [4.69, 9.17) is 25.5 Å². The van der Waals surface area contributed by atoms with E-state index in [9.17, 15) is 4.39 Å². The van der Waals surface area contributed by atoms with E-state index < -0.39 is 37.1 Å². The smallest absolute Gasteiger partial charge is 0.225 e. The van der Waals surface area contributed by atoms with E-state index >= 15 is 0 Å². The van der Waals surface area contributed by atoms with Crippen LogP contribution < -0.4 is 0 Å². The fraction of sp³-hybridized carbons (Fsp3) is 1.00. The van der Waals surface area contributed by atoms with Gasteiger partial charge in [-0.25, -0.2) is 4.39 Å². The lowest BCUT2D eigenvalue weighted by molar-refractivity contribution is -0.308. The van der Waals surface area contributed by atoms with Crippen LogP contribution in [0.3, 0.4) is 0 Å². The van der Waals surface area contributed by atoms with E-state index in [0.29, 0.717) is 0 Å². The average molecular weight is 198 g/mol. The van der Waals surface area contributed by atoms with Crippen molar-refractivity contribution in [1.82, 2.24) is 0 Å². The van der Waals surface area contributed by atoms with Crippen molar-refractivity contribution in [2.24, 2.45) is 0 Å². The maximum atomic E-state index is 12.3. The topological polar surface area (TPSA) is 110 Å². The lowest BCUT2D eigenvalue weighted by Crippen LogP contribution is -2.59. The molecule has 13 heavy (non-hydrogen) atoms. The molecule has 1 fully saturated rings. The normalized spacial score (nSPS) is 48.9. The molecule has 1 unspecified atom stereocenters. The fourth-order valence-corrected chi connectivity index (χ4v) is 1.11. The van der Waals surface area contributed by atoms with E-state index in [1.54, 1.807) is 0 Å². The van der Waals surface area contributed by atoms with Gasteiger partial charge in [-0.3, -0.25) is 0 Å². The van der Waals surface area contributed by atoms with E-state index in [0.717, 1.165) is 0 Å². The third-order valence-corrected chi connectivity index (χ3v) is 1.90. The molecule has 0 aromatic rings. The van der Waals surface area contributed by atoms with Crippen LogP contribution in [-0.4, -0.2) is 62.6 Å². The minimum Gasteiger partial charge on any atom is -0.387 e. The van der Waals surface area contributed by atoms with Crippen LogP contribution in [0.25, 0.3) is 0 Å². The molecule has 0 aliphatic carbocycles. The highest BCUT2D eigenvalue weighted by Gasteiger charge is 2.46. The zero-order chi connectivity index (χ0) is 10.2. The van der Waals surface area contributed by atoms with Crippen LogP contribution in [0, 0.1) is 0 Å². The molecule has 0 amide bonds. The summed E-state index contributed by atoms with van der Waals surface area (Å²) in [5, 5.41) is 44.3. The van der Waals surface area contributed by atoms with Gasteiger partial charge in [-0.15, -0.1) is 0 Å². The average Bonchev–Trinajstić information content (AvgIpc) is 2.07. The Kier molecular flexibility index (Phi) is 3.17. The van der Waals surface area contributed by atoms with Gasteiger partial charge in [-0.1, -0.05) is 0 Å². The zero-order valence-electron chi connectivity index (χ0n) is 6.49. The van der Waals surface area contributed by atoms with Crippen molar-refractivity contribution in [3.8, 4) is 0 Å². The van der Waals surface area contributed by atoms with Crippen molar-refractivity contribution in [3.05, 3.63) is 0 Å². The molecular formula is C6H11FO6. The van der Waals surface area contributed by atoms with Gasteiger partial charge < -0.3 is 30.3 Å². The summed E-state index contributed by atoms with van der Waals surface area (Å²) in [6.07, 6.45) is -11.4. The van der Waals surface area contributed by atoms with Crippen LogP contribution in [0.15, 0.2) is 0 Å². The highest BCUT2D eigenvalue weighted by Crippen LogP contribution is 2.22. The van der Waals surface area contributed by atoms with Crippen molar-refractivity contribution in [2.45, 2.75) is 37.1 Å². The third-order valence-electron chi connectivity index (χ3n) is 1.90. The van der Waals surface area contributed by atoms with E-state index in [2.05, 4.69) is 4.74 Å². The second-order valence-electron chi connectivity index (χ2n) is 2.84. The number of aliphatic hydroxyl groups excluding tert-OH is 5. The quantitative estimate of drug-likeness (QED) is 0.308. The largest absolute Gasteiger partial charge is 0.387 e. The number of ether oxygens (including phenoxy) is 1. The van der Waals surface area contributed by atoms with E-state index in [-0.39, 0.29) is 0 Å². The molecule has 0 bridgehead atoms. The maximum Gasteiger partial charge on any atom is 0.225 e. The zero-order valence-corrected chi connectivity index (χ0v) is 6.49. The molecule has 0 saturated carbocycles. The summed E-state index contributed by atoms with van der Waals surface area (Å²) in [4.78, 5) is 0. The Morgan fingerprint density at radius 1 is 1.00 bits per heavy atom. The van der Waals surface area contributed by atoms with Gasteiger partial charge in [0.15, 0.2) is 6.29 Å². The molecule has 1 saturated heterocycles. The van der Waals surface area contributed by atoms with Crippen LogP contribution in [0.4, 0.5) is 4.39 Å². The SMILES string of the molecule is OC(F)[C@H]1O[C@@H](O)[C@H](O)[C@@H](O)[C@@H]1O. The summed E-state index contributed by atoms with van der Waals surface area (Å²) in [6, 6.07) is 0. The molecule has 1 rings (SSSR count). The number of halogens is 1.